The van der Waals surface area contributed by atoms with Crippen molar-refractivity contribution in [1.82, 2.24) is 14.9 Å². The molecule has 1 saturated heterocycles. The van der Waals surface area contributed by atoms with Crippen LogP contribution in [0.2, 0.25) is 0 Å². The molecule has 6 heteroatoms. The van der Waals surface area contributed by atoms with Crippen molar-refractivity contribution in [3.05, 3.63) is 78.4 Å². The molecule has 3 aromatic rings. The number of aromatic nitrogens is 2. The summed E-state index contributed by atoms with van der Waals surface area (Å²) in [6.07, 6.45) is 6.16. The monoisotopic (exact) mass is 392 g/mol. The average molecular weight is 393 g/mol. The van der Waals surface area contributed by atoms with Gasteiger partial charge in [0.15, 0.2) is 5.11 Å². The van der Waals surface area contributed by atoms with E-state index in [-0.39, 0.29) is 18.2 Å². The maximum absolute atomic E-state index is 5.78. The second-order valence-electron chi connectivity index (χ2n) is 7.27. The number of rotatable bonds is 5. The third kappa shape index (κ3) is 3.60. The lowest BCUT2D eigenvalue weighted by Gasteiger charge is -2.27. The molecule has 0 aliphatic carbocycles. The Morgan fingerprint density at radius 3 is 2.50 bits per heavy atom. The van der Waals surface area contributed by atoms with Gasteiger partial charge in [-0.05, 0) is 74.1 Å². The Hall–Kier alpha value is -2.86. The number of pyridine rings is 1. The van der Waals surface area contributed by atoms with E-state index in [1.807, 2.05) is 57.4 Å². The summed E-state index contributed by atoms with van der Waals surface area (Å²) in [6, 6.07) is 16.2. The fourth-order valence-corrected chi connectivity index (χ4v) is 3.98. The Bertz CT molecular complexity index is 952. The highest BCUT2D eigenvalue weighted by Gasteiger charge is 2.40. The van der Waals surface area contributed by atoms with Gasteiger partial charge in [-0.15, -0.1) is 0 Å². The molecule has 0 amide bonds. The van der Waals surface area contributed by atoms with Gasteiger partial charge >= 0.3 is 0 Å². The molecule has 2 atom stereocenters. The molecule has 0 spiro atoms. The van der Waals surface area contributed by atoms with E-state index in [4.69, 9.17) is 17.0 Å². The van der Waals surface area contributed by atoms with Crippen molar-refractivity contribution in [2.75, 3.05) is 4.90 Å². The zero-order valence-corrected chi connectivity index (χ0v) is 17.1. The summed E-state index contributed by atoms with van der Waals surface area (Å²) in [5, 5.41) is 4.17. The van der Waals surface area contributed by atoms with Crippen LogP contribution in [-0.2, 0) is 7.05 Å². The molecule has 5 nitrogen and oxygen atoms in total. The summed E-state index contributed by atoms with van der Waals surface area (Å²) in [5.41, 5.74) is 3.19. The Kier molecular flexibility index (Phi) is 5.05. The second-order valence-corrected chi connectivity index (χ2v) is 7.65. The predicted octanol–water partition coefficient (Wildman–Crippen LogP) is 4.38. The number of aryl methyl sites for hydroxylation is 1. The highest BCUT2D eigenvalue weighted by molar-refractivity contribution is 7.80. The molecular formula is C22H24N4OS. The molecule has 0 radical (unpaired) electrons. The van der Waals surface area contributed by atoms with Crippen molar-refractivity contribution >= 4 is 23.0 Å². The third-order valence-electron chi connectivity index (χ3n) is 4.78. The van der Waals surface area contributed by atoms with E-state index in [1.165, 1.54) is 5.56 Å². The van der Waals surface area contributed by atoms with Crippen molar-refractivity contribution in [3.63, 3.8) is 0 Å². The smallest absolute Gasteiger partial charge is 0.174 e. The number of nitrogens with one attached hydrogen (secondary N) is 1. The number of nitrogens with zero attached hydrogens (tertiary/aromatic N) is 3. The summed E-state index contributed by atoms with van der Waals surface area (Å²) in [7, 11) is 2.03. The first-order valence-electron chi connectivity index (χ1n) is 9.42. The van der Waals surface area contributed by atoms with Crippen LogP contribution in [0.4, 0.5) is 5.69 Å². The van der Waals surface area contributed by atoms with Gasteiger partial charge in [-0.1, -0.05) is 6.07 Å². The molecule has 1 aromatic carbocycles. The van der Waals surface area contributed by atoms with Crippen LogP contribution >= 0.6 is 12.2 Å². The maximum Gasteiger partial charge on any atom is 0.174 e. The number of anilines is 1. The molecule has 1 aliphatic rings. The number of hydrogen-bond donors (Lipinski definition) is 1. The van der Waals surface area contributed by atoms with Gasteiger partial charge in [0.25, 0.3) is 0 Å². The van der Waals surface area contributed by atoms with Gasteiger partial charge in [-0.2, -0.15) is 0 Å². The number of thiocarbonyl (C=S) groups is 1. The third-order valence-corrected chi connectivity index (χ3v) is 5.10. The van der Waals surface area contributed by atoms with Gasteiger partial charge in [0.05, 0.1) is 23.9 Å². The highest BCUT2D eigenvalue weighted by atomic mass is 32.1. The van der Waals surface area contributed by atoms with E-state index in [2.05, 4.69) is 50.4 Å². The van der Waals surface area contributed by atoms with Crippen LogP contribution in [0.15, 0.2) is 67.1 Å². The number of ether oxygens (including phenoxy) is 1. The lowest BCUT2D eigenvalue weighted by Crippen LogP contribution is -2.29. The van der Waals surface area contributed by atoms with E-state index in [0.717, 1.165) is 17.1 Å². The van der Waals surface area contributed by atoms with Gasteiger partial charge in [0.1, 0.15) is 5.75 Å². The van der Waals surface area contributed by atoms with Crippen LogP contribution in [0.5, 0.6) is 5.75 Å². The van der Waals surface area contributed by atoms with Crippen LogP contribution in [0, 0.1) is 0 Å². The van der Waals surface area contributed by atoms with Crippen LogP contribution < -0.4 is 15.0 Å². The van der Waals surface area contributed by atoms with E-state index in [9.17, 15) is 0 Å². The summed E-state index contributed by atoms with van der Waals surface area (Å²) in [5.74, 6) is 0.856. The van der Waals surface area contributed by atoms with E-state index in [1.54, 1.807) is 0 Å². The quantitative estimate of drug-likeness (QED) is 0.653. The van der Waals surface area contributed by atoms with E-state index < -0.39 is 0 Å². The lowest BCUT2D eigenvalue weighted by atomic mass is 9.98. The normalized spacial score (nSPS) is 19.1. The Balaban J connectivity index is 1.73. The minimum absolute atomic E-state index is 0.0143. The van der Waals surface area contributed by atoms with Crippen molar-refractivity contribution < 1.29 is 4.74 Å². The van der Waals surface area contributed by atoms with Crippen molar-refractivity contribution in [2.24, 2.45) is 7.05 Å². The number of benzene rings is 1. The highest BCUT2D eigenvalue weighted by Crippen LogP contribution is 2.41. The molecule has 1 aliphatic heterocycles. The van der Waals surface area contributed by atoms with Gasteiger partial charge in [-0.25, -0.2) is 0 Å². The first-order valence-corrected chi connectivity index (χ1v) is 9.83. The lowest BCUT2D eigenvalue weighted by molar-refractivity contribution is 0.242. The molecule has 28 heavy (non-hydrogen) atoms. The molecule has 0 saturated carbocycles. The fourth-order valence-electron chi connectivity index (χ4n) is 3.63. The molecule has 3 heterocycles. The van der Waals surface area contributed by atoms with Crippen LogP contribution in [0.3, 0.4) is 0 Å². The van der Waals surface area contributed by atoms with Gasteiger partial charge in [0, 0.05) is 31.3 Å². The summed E-state index contributed by atoms with van der Waals surface area (Å²) in [6.45, 7) is 4.05. The molecule has 1 fully saturated rings. The van der Waals surface area contributed by atoms with Gasteiger partial charge in [0.2, 0.25) is 0 Å². The van der Waals surface area contributed by atoms with Crippen LogP contribution in [-0.4, -0.2) is 20.8 Å². The van der Waals surface area contributed by atoms with Crippen molar-refractivity contribution in [3.8, 4) is 5.75 Å². The standard InChI is InChI=1S/C22H24N4OS/c1-15(2)27-18-9-7-17(8-10-18)26-21(16-11-13-25(3)14-16)20(24-22(26)28)19-6-4-5-12-23-19/h4-15,20-21H,1-3H3,(H,24,28)/t20-,21+/m0/s1. The molecular weight excluding hydrogens is 368 g/mol. The maximum atomic E-state index is 5.78. The first-order chi connectivity index (χ1) is 13.5. The summed E-state index contributed by atoms with van der Waals surface area (Å²) < 4.78 is 7.84. The molecule has 144 valence electrons. The molecule has 0 unspecified atom stereocenters. The average Bonchev–Trinajstić information content (AvgIpc) is 3.26. The van der Waals surface area contributed by atoms with Crippen LogP contribution in [0.25, 0.3) is 0 Å². The predicted molar refractivity (Wildman–Crippen MR) is 116 cm³/mol. The van der Waals surface area contributed by atoms with E-state index in [0.29, 0.717) is 5.11 Å². The second kappa shape index (κ2) is 7.64. The zero-order valence-electron chi connectivity index (χ0n) is 16.2. The first kappa shape index (κ1) is 18.5. The largest absolute Gasteiger partial charge is 0.491 e. The zero-order chi connectivity index (χ0) is 19.7. The SMILES string of the molecule is CC(C)Oc1ccc(N2C(=S)N[C@@H](c3ccccn3)[C@H]2c2ccn(C)c2)cc1. The Morgan fingerprint density at radius 1 is 1.11 bits per heavy atom. The van der Waals surface area contributed by atoms with Crippen molar-refractivity contribution in [2.45, 2.75) is 32.0 Å². The van der Waals surface area contributed by atoms with Crippen LogP contribution in [0.1, 0.15) is 37.2 Å². The molecule has 0 bridgehead atoms. The molecule has 4 rings (SSSR count). The number of hydrogen-bond acceptors (Lipinski definition) is 3. The fraction of sp³-hybridized carbons (Fsp3) is 0.273. The van der Waals surface area contributed by atoms with Gasteiger partial charge < -0.3 is 19.5 Å². The minimum atomic E-state index is -0.0253. The molecule has 2 aromatic heterocycles. The van der Waals surface area contributed by atoms with Gasteiger partial charge in [-0.3, -0.25) is 4.98 Å². The minimum Gasteiger partial charge on any atom is -0.491 e. The van der Waals surface area contributed by atoms with Crippen molar-refractivity contribution in [1.29, 1.82) is 0 Å². The summed E-state index contributed by atoms with van der Waals surface area (Å²) >= 11 is 5.74. The van der Waals surface area contributed by atoms with E-state index >= 15 is 0 Å². The Labute approximate surface area is 171 Å². The summed E-state index contributed by atoms with van der Waals surface area (Å²) in [4.78, 5) is 6.75. The Morgan fingerprint density at radius 2 is 1.89 bits per heavy atom. The topological polar surface area (TPSA) is 42.3 Å². The molecule has 1 N–H and O–H groups in total.